The summed E-state index contributed by atoms with van der Waals surface area (Å²) in [5.41, 5.74) is 3.98. The van der Waals surface area contributed by atoms with Crippen LogP contribution in [0, 0.1) is 13.8 Å². The van der Waals surface area contributed by atoms with Crippen molar-refractivity contribution in [1.82, 2.24) is 9.97 Å². The topological polar surface area (TPSA) is 48.6 Å². The molecule has 0 aliphatic carbocycles. The van der Waals surface area contributed by atoms with Crippen molar-refractivity contribution in [3.05, 3.63) is 55.6 Å². The molecule has 2 aromatic heterocycles. The molecule has 19 heavy (non-hydrogen) atoms. The van der Waals surface area contributed by atoms with Gasteiger partial charge in [0, 0.05) is 9.75 Å². The number of aromatic amines is 2. The maximum Gasteiger partial charge on any atom is 0.323 e. The van der Waals surface area contributed by atoms with Crippen LogP contribution in [0.15, 0.2) is 29.1 Å². The normalized spacial score (nSPS) is 13.0. The third kappa shape index (κ3) is 2.28. The molecule has 0 bridgehead atoms. The molecular formula is C14H13BrN2OS. The molecule has 98 valence electrons. The first kappa shape index (κ1) is 12.7. The van der Waals surface area contributed by atoms with E-state index in [1.165, 1.54) is 15.3 Å². The fourth-order valence-corrected chi connectivity index (χ4v) is 3.84. The fourth-order valence-electron chi connectivity index (χ4n) is 2.10. The first-order chi connectivity index (χ1) is 9.04. The Labute approximate surface area is 122 Å². The molecule has 0 radical (unpaired) electrons. The fraction of sp³-hybridized carbons (Fsp3) is 0.214. The van der Waals surface area contributed by atoms with Gasteiger partial charge in [0.1, 0.15) is 0 Å². The number of fused-ring (bicyclic) bond motifs is 1. The van der Waals surface area contributed by atoms with Crippen molar-refractivity contribution in [2.24, 2.45) is 0 Å². The number of thiophene rings is 1. The average Bonchev–Trinajstić information content (AvgIpc) is 2.90. The van der Waals surface area contributed by atoms with Gasteiger partial charge in [0.2, 0.25) is 0 Å². The predicted molar refractivity (Wildman–Crippen MR) is 83.5 cm³/mol. The number of nitrogens with one attached hydrogen (secondary N) is 2. The molecule has 3 nitrogen and oxygen atoms in total. The van der Waals surface area contributed by atoms with Crippen LogP contribution in [-0.4, -0.2) is 9.97 Å². The molecule has 0 aliphatic heterocycles. The summed E-state index contributed by atoms with van der Waals surface area (Å²) in [6.07, 6.45) is 0. The predicted octanol–water partition coefficient (Wildman–Crippen LogP) is 4.02. The molecule has 2 N–H and O–H groups in total. The van der Waals surface area contributed by atoms with E-state index in [0.717, 1.165) is 16.6 Å². The monoisotopic (exact) mass is 336 g/mol. The zero-order valence-electron chi connectivity index (χ0n) is 10.6. The Bertz CT molecular complexity index is 780. The van der Waals surface area contributed by atoms with Gasteiger partial charge in [-0.1, -0.05) is 22.0 Å². The maximum atomic E-state index is 11.3. The molecule has 0 saturated heterocycles. The van der Waals surface area contributed by atoms with Crippen LogP contribution in [0.1, 0.15) is 25.7 Å². The highest BCUT2D eigenvalue weighted by molar-refractivity contribution is 9.09. The van der Waals surface area contributed by atoms with E-state index in [-0.39, 0.29) is 10.5 Å². The molecule has 3 rings (SSSR count). The zero-order chi connectivity index (χ0) is 13.6. The lowest BCUT2D eigenvalue weighted by molar-refractivity contribution is 1.21. The minimum atomic E-state index is -0.166. The van der Waals surface area contributed by atoms with Crippen molar-refractivity contribution in [1.29, 1.82) is 0 Å². The molecule has 0 saturated carbocycles. The van der Waals surface area contributed by atoms with Gasteiger partial charge < -0.3 is 9.97 Å². The maximum absolute atomic E-state index is 11.3. The molecule has 5 heteroatoms. The lowest BCUT2D eigenvalue weighted by atomic mass is 10.1. The summed E-state index contributed by atoms with van der Waals surface area (Å²) in [6.45, 7) is 4.26. The highest BCUT2D eigenvalue weighted by Crippen LogP contribution is 2.37. The van der Waals surface area contributed by atoms with Crippen molar-refractivity contribution in [3.8, 4) is 0 Å². The number of rotatable bonds is 2. The van der Waals surface area contributed by atoms with E-state index in [4.69, 9.17) is 0 Å². The summed E-state index contributed by atoms with van der Waals surface area (Å²) >= 11 is 5.54. The Balaban J connectivity index is 2.05. The largest absolute Gasteiger partial charge is 0.323 e. The molecule has 2 heterocycles. The van der Waals surface area contributed by atoms with E-state index in [2.05, 4.69) is 45.8 Å². The molecule has 0 fully saturated rings. The van der Waals surface area contributed by atoms with Gasteiger partial charge in [0.25, 0.3) is 0 Å². The molecular weight excluding hydrogens is 324 g/mol. The van der Waals surface area contributed by atoms with Gasteiger partial charge in [0.15, 0.2) is 0 Å². The van der Waals surface area contributed by atoms with E-state index in [9.17, 15) is 4.79 Å². The van der Waals surface area contributed by atoms with Crippen molar-refractivity contribution in [2.75, 3.05) is 0 Å². The third-order valence-corrected chi connectivity index (χ3v) is 5.81. The third-order valence-electron chi connectivity index (χ3n) is 3.27. The van der Waals surface area contributed by atoms with Gasteiger partial charge in [-0.25, -0.2) is 4.79 Å². The second-order valence-electron chi connectivity index (χ2n) is 4.63. The van der Waals surface area contributed by atoms with Gasteiger partial charge in [-0.05, 0) is 43.2 Å². The molecule has 3 aromatic rings. The molecule has 0 aliphatic rings. The zero-order valence-corrected chi connectivity index (χ0v) is 13.0. The highest BCUT2D eigenvalue weighted by atomic mass is 79.9. The number of benzene rings is 1. The van der Waals surface area contributed by atoms with Gasteiger partial charge in [-0.2, -0.15) is 0 Å². The standard InChI is InChI=1S/C14H13BrN2OS/c1-7-5-12(19-8(7)2)13(15)9-3-4-10-11(6-9)17-14(18)16-10/h3-6,13H,1-2H3,(H2,16,17,18). The van der Waals surface area contributed by atoms with Gasteiger partial charge in [0.05, 0.1) is 15.9 Å². The number of hydrogen-bond acceptors (Lipinski definition) is 2. The second-order valence-corrected chi connectivity index (χ2v) is 6.84. The number of hydrogen-bond donors (Lipinski definition) is 2. The lowest BCUT2D eigenvalue weighted by Crippen LogP contribution is -1.99. The Hall–Kier alpha value is -1.33. The SMILES string of the molecule is Cc1cc(C(Br)c2ccc3[nH]c(=O)[nH]c3c2)sc1C. The summed E-state index contributed by atoms with van der Waals surface area (Å²) in [6, 6.07) is 8.20. The van der Waals surface area contributed by atoms with Gasteiger partial charge >= 0.3 is 5.69 Å². The summed E-state index contributed by atoms with van der Waals surface area (Å²) in [7, 11) is 0. The van der Waals surface area contributed by atoms with Gasteiger partial charge in [-0.15, -0.1) is 11.3 Å². The number of alkyl halides is 1. The quantitative estimate of drug-likeness (QED) is 0.682. The second kappa shape index (κ2) is 4.65. The van der Waals surface area contributed by atoms with Crippen LogP contribution in [-0.2, 0) is 0 Å². The highest BCUT2D eigenvalue weighted by Gasteiger charge is 2.14. The van der Waals surface area contributed by atoms with Crippen LogP contribution in [0.2, 0.25) is 0 Å². The van der Waals surface area contributed by atoms with Crippen LogP contribution < -0.4 is 5.69 Å². The number of aromatic nitrogens is 2. The van der Waals surface area contributed by atoms with Gasteiger partial charge in [-0.3, -0.25) is 0 Å². The average molecular weight is 337 g/mol. The van der Waals surface area contributed by atoms with Crippen LogP contribution in [0.4, 0.5) is 0 Å². The Morgan fingerprint density at radius 1 is 1.16 bits per heavy atom. The van der Waals surface area contributed by atoms with Crippen LogP contribution >= 0.6 is 27.3 Å². The minimum absolute atomic E-state index is 0.160. The van der Waals surface area contributed by atoms with E-state index < -0.39 is 0 Å². The number of halogens is 1. The van der Waals surface area contributed by atoms with E-state index in [1.54, 1.807) is 11.3 Å². The van der Waals surface area contributed by atoms with Crippen molar-refractivity contribution < 1.29 is 0 Å². The Morgan fingerprint density at radius 2 is 1.89 bits per heavy atom. The van der Waals surface area contributed by atoms with Crippen molar-refractivity contribution in [2.45, 2.75) is 18.7 Å². The molecule has 0 amide bonds. The number of H-pyrrole nitrogens is 2. The summed E-state index contributed by atoms with van der Waals surface area (Å²) < 4.78 is 0. The van der Waals surface area contributed by atoms with Crippen molar-refractivity contribution in [3.63, 3.8) is 0 Å². The molecule has 1 atom stereocenters. The first-order valence-electron chi connectivity index (χ1n) is 5.97. The molecule has 1 aromatic carbocycles. The Morgan fingerprint density at radius 3 is 2.58 bits per heavy atom. The van der Waals surface area contributed by atoms with E-state index in [1.807, 2.05) is 18.2 Å². The first-order valence-corrected chi connectivity index (χ1v) is 7.71. The van der Waals surface area contributed by atoms with Crippen LogP contribution in [0.3, 0.4) is 0 Å². The van der Waals surface area contributed by atoms with Crippen molar-refractivity contribution >= 4 is 38.3 Å². The lowest BCUT2D eigenvalue weighted by Gasteiger charge is -2.07. The summed E-state index contributed by atoms with van der Waals surface area (Å²) in [5.74, 6) is 0. The number of aryl methyl sites for hydroxylation is 2. The number of imidazole rings is 1. The molecule has 1 unspecified atom stereocenters. The van der Waals surface area contributed by atoms with Crippen LogP contribution in [0.5, 0.6) is 0 Å². The summed E-state index contributed by atoms with van der Waals surface area (Å²) in [4.78, 5) is 19.6. The minimum Gasteiger partial charge on any atom is -0.306 e. The van der Waals surface area contributed by atoms with E-state index in [0.29, 0.717) is 0 Å². The Kier molecular flexibility index (Phi) is 3.11. The summed E-state index contributed by atoms with van der Waals surface area (Å²) in [5, 5.41) is 0. The van der Waals surface area contributed by atoms with Crippen LogP contribution in [0.25, 0.3) is 11.0 Å². The smallest absolute Gasteiger partial charge is 0.306 e. The van der Waals surface area contributed by atoms with E-state index >= 15 is 0 Å². The molecule has 0 spiro atoms.